The lowest BCUT2D eigenvalue weighted by Gasteiger charge is -2.38. The maximum absolute atomic E-state index is 12.8. The van der Waals surface area contributed by atoms with Gasteiger partial charge in [-0.05, 0) is 45.6 Å². The highest BCUT2D eigenvalue weighted by Crippen LogP contribution is 2.29. The number of nitrogens with zero attached hydrogens (tertiary/aromatic N) is 4. The summed E-state index contributed by atoms with van der Waals surface area (Å²) in [5.74, 6) is 0.156. The maximum Gasteiger partial charge on any atom is 0.433 e. The van der Waals surface area contributed by atoms with Gasteiger partial charge in [-0.15, -0.1) is 0 Å². The van der Waals surface area contributed by atoms with Crippen molar-refractivity contribution in [3.63, 3.8) is 0 Å². The monoisotopic (exact) mass is 372 g/mol. The van der Waals surface area contributed by atoms with Crippen LogP contribution >= 0.6 is 0 Å². The van der Waals surface area contributed by atoms with E-state index in [1.165, 1.54) is 6.20 Å². The SMILES string of the molecule is CC(C)N1CCC(OC2CCN(c3nccc(C(F)(F)F)n3)CC2)CC1. The van der Waals surface area contributed by atoms with Crippen LogP contribution in [0.2, 0.25) is 0 Å². The lowest BCUT2D eigenvalue weighted by molar-refractivity contribution is -0.141. The highest BCUT2D eigenvalue weighted by Gasteiger charge is 2.34. The highest BCUT2D eigenvalue weighted by atomic mass is 19.4. The molecule has 0 unspecified atom stereocenters. The molecule has 0 aliphatic carbocycles. The molecule has 1 aromatic rings. The second kappa shape index (κ2) is 8.08. The van der Waals surface area contributed by atoms with E-state index in [0.29, 0.717) is 25.2 Å². The first-order valence-corrected chi connectivity index (χ1v) is 9.37. The Hall–Kier alpha value is -1.41. The molecule has 3 heterocycles. The van der Waals surface area contributed by atoms with E-state index in [1.54, 1.807) is 0 Å². The summed E-state index contributed by atoms with van der Waals surface area (Å²) < 4.78 is 44.7. The summed E-state index contributed by atoms with van der Waals surface area (Å²) in [5, 5.41) is 0. The van der Waals surface area contributed by atoms with Crippen molar-refractivity contribution in [1.29, 1.82) is 0 Å². The van der Waals surface area contributed by atoms with Crippen molar-refractivity contribution in [2.24, 2.45) is 0 Å². The first-order valence-electron chi connectivity index (χ1n) is 9.37. The molecular weight excluding hydrogens is 345 g/mol. The third kappa shape index (κ3) is 4.85. The molecule has 1 aromatic heterocycles. The van der Waals surface area contributed by atoms with Crippen LogP contribution in [0.3, 0.4) is 0 Å². The van der Waals surface area contributed by atoms with Crippen LogP contribution in [0.25, 0.3) is 0 Å². The van der Waals surface area contributed by atoms with Crippen LogP contribution in [0.15, 0.2) is 12.3 Å². The van der Waals surface area contributed by atoms with E-state index in [9.17, 15) is 13.2 Å². The zero-order chi connectivity index (χ0) is 18.7. The van der Waals surface area contributed by atoms with Gasteiger partial charge in [0.15, 0.2) is 0 Å². The molecule has 2 aliphatic heterocycles. The average molecular weight is 372 g/mol. The summed E-state index contributed by atoms with van der Waals surface area (Å²) in [6, 6.07) is 1.48. The fourth-order valence-electron chi connectivity index (χ4n) is 3.65. The molecule has 0 saturated carbocycles. The van der Waals surface area contributed by atoms with Crippen molar-refractivity contribution in [3.8, 4) is 0 Å². The standard InChI is InChI=1S/C18H27F3N4O/c1-13(2)24-9-4-14(5-10-24)26-15-6-11-25(12-7-15)17-22-8-3-16(23-17)18(19,20)21/h3,8,13-15H,4-7,9-12H2,1-2H3. The van der Waals surface area contributed by atoms with Gasteiger partial charge < -0.3 is 14.5 Å². The van der Waals surface area contributed by atoms with Crippen molar-refractivity contribution >= 4 is 5.95 Å². The van der Waals surface area contributed by atoms with Gasteiger partial charge in [0.1, 0.15) is 5.69 Å². The number of alkyl halides is 3. The van der Waals surface area contributed by atoms with Gasteiger partial charge in [0.25, 0.3) is 0 Å². The van der Waals surface area contributed by atoms with Crippen LogP contribution in [0.1, 0.15) is 45.2 Å². The van der Waals surface area contributed by atoms with Crippen LogP contribution in [0.4, 0.5) is 19.1 Å². The van der Waals surface area contributed by atoms with E-state index >= 15 is 0 Å². The predicted molar refractivity (Wildman–Crippen MR) is 93.1 cm³/mol. The largest absolute Gasteiger partial charge is 0.433 e. The molecule has 0 radical (unpaired) electrons. The number of anilines is 1. The molecule has 5 nitrogen and oxygen atoms in total. The van der Waals surface area contributed by atoms with Crippen LogP contribution in [-0.4, -0.2) is 59.3 Å². The van der Waals surface area contributed by atoms with E-state index < -0.39 is 11.9 Å². The van der Waals surface area contributed by atoms with Crippen molar-refractivity contribution in [3.05, 3.63) is 18.0 Å². The molecule has 0 bridgehead atoms. The topological polar surface area (TPSA) is 41.5 Å². The number of piperidine rings is 2. The second-order valence-electron chi connectivity index (χ2n) is 7.39. The number of hydrogen-bond acceptors (Lipinski definition) is 5. The molecule has 0 amide bonds. The number of halogens is 3. The first-order chi connectivity index (χ1) is 12.3. The van der Waals surface area contributed by atoms with Gasteiger partial charge in [0, 0.05) is 38.4 Å². The van der Waals surface area contributed by atoms with Crippen LogP contribution < -0.4 is 4.90 Å². The Kier molecular flexibility index (Phi) is 6.02. The van der Waals surface area contributed by atoms with Gasteiger partial charge in [-0.25, -0.2) is 9.97 Å². The van der Waals surface area contributed by atoms with Crippen LogP contribution in [-0.2, 0) is 10.9 Å². The number of ether oxygens (including phenoxy) is 1. The van der Waals surface area contributed by atoms with Crippen molar-refractivity contribution in [1.82, 2.24) is 14.9 Å². The summed E-state index contributed by atoms with van der Waals surface area (Å²) >= 11 is 0. The number of aromatic nitrogens is 2. The third-order valence-corrected chi connectivity index (χ3v) is 5.25. The zero-order valence-electron chi connectivity index (χ0n) is 15.4. The maximum atomic E-state index is 12.8. The quantitative estimate of drug-likeness (QED) is 0.811. The fourth-order valence-corrected chi connectivity index (χ4v) is 3.65. The van der Waals surface area contributed by atoms with E-state index in [1.807, 2.05) is 4.90 Å². The van der Waals surface area contributed by atoms with Crippen molar-refractivity contribution in [2.75, 3.05) is 31.1 Å². The average Bonchev–Trinajstić information content (AvgIpc) is 2.62. The summed E-state index contributed by atoms with van der Waals surface area (Å²) in [6.45, 7) is 7.81. The molecule has 8 heteroatoms. The summed E-state index contributed by atoms with van der Waals surface area (Å²) in [5.41, 5.74) is -0.891. The van der Waals surface area contributed by atoms with Crippen molar-refractivity contribution in [2.45, 2.75) is 64.0 Å². The van der Waals surface area contributed by atoms with E-state index in [2.05, 4.69) is 28.7 Å². The number of likely N-dealkylation sites (tertiary alicyclic amines) is 1. The van der Waals surface area contributed by atoms with Gasteiger partial charge in [0.05, 0.1) is 12.2 Å². The number of rotatable bonds is 4. The lowest BCUT2D eigenvalue weighted by atomic mass is 10.0. The molecule has 0 N–H and O–H groups in total. The smallest absolute Gasteiger partial charge is 0.375 e. The Bertz CT molecular complexity index is 580. The summed E-state index contributed by atoms with van der Waals surface area (Å²) in [7, 11) is 0. The fraction of sp³-hybridized carbons (Fsp3) is 0.778. The van der Waals surface area contributed by atoms with E-state index in [4.69, 9.17) is 4.74 Å². The molecule has 2 fully saturated rings. The molecule has 2 aliphatic rings. The Morgan fingerprint density at radius 2 is 1.62 bits per heavy atom. The molecule has 0 spiro atoms. The minimum absolute atomic E-state index is 0.156. The van der Waals surface area contributed by atoms with Gasteiger partial charge >= 0.3 is 6.18 Å². The van der Waals surface area contributed by atoms with E-state index in [0.717, 1.165) is 44.8 Å². The molecule has 3 rings (SSSR count). The summed E-state index contributed by atoms with van der Waals surface area (Å²) in [6.07, 6.45) is 0.900. The third-order valence-electron chi connectivity index (χ3n) is 5.25. The Balaban J connectivity index is 1.48. The minimum atomic E-state index is -4.44. The molecule has 26 heavy (non-hydrogen) atoms. The van der Waals surface area contributed by atoms with Gasteiger partial charge in [-0.2, -0.15) is 13.2 Å². The zero-order valence-corrected chi connectivity index (χ0v) is 15.4. The van der Waals surface area contributed by atoms with E-state index in [-0.39, 0.29) is 12.1 Å². The van der Waals surface area contributed by atoms with Crippen LogP contribution in [0, 0.1) is 0 Å². The molecule has 2 saturated heterocycles. The Morgan fingerprint density at radius 3 is 2.15 bits per heavy atom. The predicted octanol–water partition coefficient (Wildman–Crippen LogP) is 3.35. The highest BCUT2D eigenvalue weighted by molar-refractivity contribution is 5.31. The van der Waals surface area contributed by atoms with Gasteiger partial charge in [-0.3, -0.25) is 0 Å². The second-order valence-corrected chi connectivity index (χ2v) is 7.39. The normalized spacial score (nSPS) is 21.5. The first kappa shape index (κ1) is 19.4. The van der Waals surface area contributed by atoms with Gasteiger partial charge in [0.2, 0.25) is 5.95 Å². The molecule has 146 valence electrons. The molecular formula is C18H27F3N4O. The van der Waals surface area contributed by atoms with Gasteiger partial charge in [-0.1, -0.05) is 0 Å². The molecule has 0 atom stereocenters. The minimum Gasteiger partial charge on any atom is -0.375 e. The molecule has 0 aromatic carbocycles. The van der Waals surface area contributed by atoms with Crippen molar-refractivity contribution < 1.29 is 17.9 Å². The lowest BCUT2D eigenvalue weighted by Crippen LogP contribution is -2.44. The van der Waals surface area contributed by atoms with Crippen LogP contribution in [0.5, 0.6) is 0 Å². The Morgan fingerprint density at radius 1 is 1.04 bits per heavy atom. The number of hydrogen-bond donors (Lipinski definition) is 0. The Labute approximate surface area is 152 Å². The summed E-state index contributed by atoms with van der Waals surface area (Å²) in [4.78, 5) is 12.0.